The molecule has 1 aromatic heterocycles. The highest BCUT2D eigenvalue weighted by Crippen LogP contribution is 2.14. The maximum Gasteiger partial charge on any atom is 0.252 e. The second-order valence-corrected chi connectivity index (χ2v) is 3.50. The number of likely N-dealkylation sites (tertiary alicyclic amines) is 1. The number of hydrogen-bond acceptors (Lipinski definition) is 6. The lowest BCUT2D eigenvalue weighted by molar-refractivity contribution is -0.136. The number of hydrogen-bond donors (Lipinski definition) is 2. The van der Waals surface area contributed by atoms with Crippen molar-refractivity contribution in [2.45, 2.75) is 12.5 Å². The molecule has 0 aliphatic carbocycles. The standard InChI is InChI=1S/C9H11N5O2/c1-14-7(15)4-5(8(14)16)12-9-11-3-2-6(10)13-9/h2-3,5H,4H2,1H3,(H3,10,11,12,13). The Bertz CT molecular complexity index is 447. The van der Waals surface area contributed by atoms with Gasteiger partial charge in [0.25, 0.3) is 5.91 Å². The van der Waals surface area contributed by atoms with E-state index in [-0.39, 0.29) is 24.2 Å². The van der Waals surface area contributed by atoms with Crippen LogP contribution in [0.25, 0.3) is 0 Å². The maximum absolute atomic E-state index is 11.6. The number of carbonyl (C=O) groups excluding carboxylic acids is 2. The highest BCUT2D eigenvalue weighted by Gasteiger charge is 2.36. The third kappa shape index (κ3) is 1.79. The molecule has 1 unspecified atom stereocenters. The number of nitrogens with one attached hydrogen (secondary N) is 1. The number of anilines is 2. The molecule has 0 bridgehead atoms. The van der Waals surface area contributed by atoms with E-state index in [0.29, 0.717) is 5.82 Å². The van der Waals surface area contributed by atoms with Crippen LogP contribution in [0.1, 0.15) is 6.42 Å². The maximum atomic E-state index is 11.6. The first-order valence-electron chi connectivity index (χ1n) is 4.73. The molecular formula is C9H11N5O2. The molecule has 2 rings (SSSR count). The number of nitrogens with two attached hydrogens (primary N) is 1. The first kappa shape index (κ1) is 10.3. The Morgan fingerprint density at radius 2 is 2.31 bits per heavy atom. The molecule has 0 spiro atoms. The number of nitrogens with zero attached hydrogens (tertiary/aromatic N) is 3. The van der Waals surface area contributed by atoms with E-state index in [9.17, 15) is 9.59 Å². The highest BCUT2D eigenvalue weighted by molar-refractivity contribution is 6.06. The van der Waals surface area contributed by atoms with Crippen molar-refractivity contribution in [3.63, 3.8) is 0 Å². The number of imide groups is 1. The van der Waals surface area contributed by atoms with Crippen LogP contribution in [0.3, 0.4) is 0 Å². The van der Waals surface area contributed by atoms with Crippen LogP contribution < -0.4 is 11.1 Å². The Morgan fingerprint density at radius 3 is 2.88 bits per heavy atom. The fourth-order valence-corrected chi connectivity index (χ4v) is 1.47. The third-order valence-electron chi connectivity index (χ3n) is 2.36. The van der Waals surface area contributed by atoms with Crippen molar-refractivity contribution in [1.82, 2.24) is 14.9 Å². The Hall–Kier alpha value is -2.18. The quantitative estimate of drug-likeness (QED) is 0.636. The van der Waals surface area contributed by atoms with Crippen molar-refractivity contribution in [3.8, 4) is 0 Å². The lowest BCUT2D eigenvalue weighted by Gasteiger charge is -2.10. The minimum Gasteiger partial charge on any atom is -0.384 e. The van der Waals surface area contributed by atoms with E-state index in [1.165, 1.54) is 13.2 Å². The molecule has 0 radical (unpaired) electrons. The summed E-state index contributed by atoms with van der Waals surface area (Å²) >= 11 is 0. The topological polar surface area (TPSA) is 101 Å². The summed E-state index contributed by atoms with van der Waals surface area (Å²) in [6, 6.07) is 0.943. The van der Waals surface area contributed by atoms with E-state index in [4.69, 9.17) is 5.73 Å². The van der Waals surface area contributed by atoms with Crippen molar-refractivity contribution < 1.29 is 9.59 Å². The molecule has 3 N–H and O–H groups in total. The molecule has 1 fully saturated rings. The first-order chi connectivity index (χ1) is 7.58. The lowest BCUT2D eigenvalue weighted by Crippen LogP contribution is -2.32. The molecule has 1 atom stereocenters. The van der Waals surface area contributed by atoms with Crippen LogP contribution in [0.15, 0.2) is 12.3 Å². The van der Waals surface area contributed by atoms with Gasteiger partial charge in [-0.3, -0.25) is 14.5 Å². The molecule has 1 aliphatic heterocycles. The summed E-state index contributed by atoms with van der Waals surface area (Å²) in [7, 11) is 1.45. The molecule has 2 amide bonds. The van der Waals surface area contributed by atoms with E-state index in [0.717, 1.165) is 4.90 Å². The minimum atomic E-state index is -0.598. The van der Waals surface area contributed by atoms with Gasteiger partial charge in [0.15, 0.2) is 0 Å². The van der Waals surface area contributed by atoms with Crippen molar-refractivity contribution in [2.75, 3.05) is 18.1 Å². The molecule has 2 heterocycles. The van der Waals surface area contributed by atoms with Gasteiger partial charge in [0.1, 0.15) is 11.9 Å². The zero-order chi connectivity index (χ0) is 11.7. The second kappa shape index (κ2) is 3.76. The number of carbonyl (C=O) groups is 2. The molecule has 1 aliphatic rings. The van der Waals surface area contributed by atoms with Gasteiger partial charge in [0.2, 0.25) is 11.9 Å². The zero-order valence-corrected chi connectivity index (χ0v) is 8.67. The number of likely N-dealkylation sites (N-methyl/N-ethyl adjacent to an activating group) is 1. The number of amides is 2. The first-order valence-corrected chi connectivity index (χ1v) is 4.73. The molecule has 7 nitrogen and oxygen atoms in total. The highest BCUT2D eigenvalue weighted by atomic mass is 16.2. The smallest absolute Gasteiger partial charge is 0.252 e. The summed E-state index contributed by atoms with van der Waals surface area (Å²) in [6.45, 7) is 0. The van der Waals surface area contributed by atoms with Crippen LogP contribution in [0.5, 0.6) is 0 Å². The molecule has 7 heteroatoms. The molecule has 16 heavy (non-hydrogen) atoms. The normalized spacial score (nSPS) is 20.3. The Morgan fingerprint density at radius 1 is 1.56 bits per heavy atom. The SMILES string of the molecule is CN1C(=O)CC(Nc2nccc(N)n2)C1=O. The van der Waals surface area contributed by atoms with Crippen LogP contribution in [0.4, 0.5) is 11.8 Å². The van der Waals surface area contributed by atoms with Crippen LogP contribution in [0, 0.1) is 0 Å². The molecule has 84 valence electrons. The lowest BCUT2D eigenvalue weighted by atomic mass is 10.2. The molecule has 1 aromatic rings. The second-order valence-electron chi connectivity index (χ2n) is 3.50. The Kier molecular flexibility index (Phi) is 2.43. The van der Waals surface area contributed by atoms with Crippen molar-refractivity contribution >= 4 is 23.6 Å². The van der Waals surface area contributed by atoms with Gasteiger partial charge in [-0.05, 0) is 6.07 Å². The summed E-state index contributed by atoms with van der Waals surface area (Å²) in [6.07, 6.45) is 1.60. The van der Waals surface area contributed by atoms with Crippen molar-refractivity contribution in [1.29, 1.82) is 0 Å². The Balaban J connectivity index is 2.12. The average molecular weight is 221 g/mol. The predicted octanol–water partition coefficient (Wildman–Crippen LogP) is -0.772. The molecule has 0 aromatic carbocycles. The van der Waals surface area contributed by atoms with Gasteiger partial charge in [0.05, 0.1) is 6.42 Å². The number of rotatable bonds is 2. The summed E-state index contributed by atoms with van der Waals surface area (Å²) in [4.78, 5) is 31.7. The third-order valence-corrected chi connectivity index (χ3v) is 2.36. The van der Waals surface area contributed by atoms with E-state index in [1.807, 2.05) is 0 Å². The van der Waals surface area contributed by atoms with E-state index in [2.05, 4.69) is 15.3 Å². The average Bonchev–Trinajstić information content (AvgIpc) is 2.47. The zero-order valence-electron chi connectivity index (χ0n) is 8.67. The van der Waals surface area contributed by atoms with E-state index < -0.39 is 6.04 Å². The summed E-state index contributed by atoms with van der Waals surface area (Å²) in [5, 5.41) is 2.78. The van der Waals surface area contributed by atoms with Gasteiger partial charge in [-0.15, -0.1) is 0 Å². The van der Waals surface area contributed by atoms with Gasteiger partial charge < -0.3 is 11.1 Å². The molecule has 1 saturated heterocycles. The van der Waals surface area contributed by atoms with Gasteiger partial charge in [-0.25, -0.2) is 4.98 Å². The predicted molar refractivity (Wildman–Crippen MR) is 56.2 cm³/mol. The fourth-order valence-electron chi connectivity index (χ4n) is 1.47. The van der Waals surface area contributed by atoms with Crippen LogP contribution in [-0.2, 0) is 9.59 Å². The minimum absolute atomic E-state index is 0.119. The fraction of sp³-hybridized carbons (Fsp3) is 0.333. The van der Waals surface area contributed by atoms with Gasteiger partial charge in [-0.1, -0.05) is 0 Å². The Labute approximate surface area is 91.7 Å². The summed E-state index contributed by atoms with van der Waals surface area (Å²) in [5.41, 5.74) is 5.47. The van der Waals surface area contributed by atoms with Crippen LogP contribution in [-0.4, -0.2) is 39.8 Å². The van der Waals surface area contributed by atoms with Gasteiger partial charge >= 0.3 is 0 Å². The molecule has 0 saturated carbocycles. The summed E-state index contributed by atoms with van der Waals surface area (Å²) < 4.78 is 0. The van der Waals surface area contributed by atoms with Gasteiger partial charge in [0, 0.05) is 13.2 Å². The van der Waals surface area contributed by atoms with E-state index in [1.54, 1.807) is 6.07 Å². The number of aromatic nitrogens is 2. The number of nitrogen functional groups attached to an aromatic ring is 1. The van der Waals surface area contributed by atoms with Crippen LogP contribution in [0.2, 0.25) is 0 Å². The van der Waals surface area contributed by atoms with E-state index >= 15 is 0 Å². The van der Waals surface area contributed by atoms with Crippen molar-refractivity contribution in [2.24, 2.45) is 0 Å². The van der Waals surface area contributed by atoms with Gasteiger partial charge in [-0.2, -0.15) is 4.98 Å². The molecular weight excluding hydrogens is 210 g/mol. The monoisotopic (exact) mass is 221 g/mol. The van der Waals surface area contributed by atoms with Crippen LogP contribution >= 0.6 is 0 Å². The summed E-state index contributed by atoms with van der Waals surface area (Å²) in [5.74, 6) is 0.0616. The largest absolute Gasteiger partial charge is 0.384 e. The van der Waals surface area contributed by atoms with Crippen molar-refractivity contribution in [3.05, 3.63) is 12.3 Å².